The number of nitrogens with zero attached hydrogens (tertiary/aromatic N) is 1. The van der Waals surface area contributed by atoms with Crippen molar-refractivity contribution in [1.82, 2.24) is 9.88 Å². The van der Waals surface area contributed by atoms with Crippen LogP contribution in [0.15, 0.2) is 54.7 Å². The number of hydrogen-bond donors (Lipinski definition) is 1. The van der Waals surface area contributed by atoms with Crippen molar-refractivity contribution in [3.63, 3.8) is 0 Å². The smallest absolute Gasteiger partial charge is 0.361 e. The summed E-state index contributed by atoms with van der Waals surface area (Å²) in [7, 11) is 0. The summed E-state index contributed by atoms with van der Waals surface area (Å²) >= 11 is 0. The fourth-order valence-corrected chi connectivity index (χ4v) is 4.28. The number of carbonyl (C=O) groups is 1. The van der Waals surface area contributed by atoms with Crippen molar-refractivity contribution >= 4 is 16.8 Å². The number of alkyl halides is 3. The summed E-state index contributed by atoms with van der Waals surface area (Å²) in [5, 5.41) is 0.931. The highest BCUT2D eigenvalue weighted by molar-refractivity contribution is 5.86. The monoisotopic (exact) mass is 414 g/mol. The van der Waals surface area contributed by atoms with Crippen LogP contribution in [-0.4, -0.2) is 28.9 Å². The molecule has 0 saturated carbocycles. The Labute approximate surface area is 173 Å². The first kappa shape index (κ1) is 20.5. The summed E-state index contributed by atoms with van der Waals surface area (Å²) in [6, 6.07) is 13.0. The van der Waals surface area contributed by atoms with Gasteiger partial charge in [0.1, 0.15) is 0 Å². The first-order valence-electron chi connectivity index (χ1n) is 10.3. The van der Waals surface area contributed by atoms with Gasteiger partial charge in [-0.05, 0) is 42.0 Å². The molecule has 1 aromatic heterocycles. The first-order valence-corrected chi connectivity index (χ1v) is 10.3. The fraction of sp³-hybridized carbons (Fsp3) is 0.375. The third-order valence-corrected chi connectivity index (χ3v) is 6.13. The minimum absolute atomic E-state index is 0.00501. The van der Waals surface area contributed by atoms with Crippen LogP contribution in [0.4, 0.5) is 13.2 Å². The number of fused-ring (bicyclic) bond motifs is 1. The Morgan fingerprint density at radius 1 is 1.13 bits per heavy atom. The molecule has 30 heavy (non-hydrogen) atoms. The molecule has 158 valence electrons. The highest BCUT2D eigenvalue weighted by Gasteiger charge is 2.32. The molecule has 1 unspecified atom stereocenters. The summed E-state index contributed by atoms with van der Waals surface area (Å²) in [4.78, 5) is 18.1. The molecule has 3 nitrogen and oxygen atoms in total. The van der Waals surface area contributed by atoms with Crippen molar-refractivity contribution in [1.29, 1.82) is 0 Å². The number of amides is 1. The van der Waals surface area contributed by atoms with Crippen molar-refractivity contribution < 1.29 is 18.0 Å². The van der Waals surface area contributed by atoms with Crippen LogP contribution >= 0.6 is 0 Å². The third-order valence-electron chi connectivity index (χ3n) is 6.13. The molecule has 0 aliphatic carbocycles. The van der Waals surface area contributed by atoms with E-state index >= 15 is 0 Å². The number of piperidine rings is 1. The number of nitrogens with one attached hydrogen (secondary N) is 1. The summed E-state index contributed by atoms with van der Waals surface area (Å²) in [6.07, 6.45) is -0.521. The van der Waals surface area contributed by atoms with Gasteiger partial charge in [-0.3, -0.25) is 4.79 Å². The number of aromatic nitrogens is 1. The zero-order valence-electron chi connectivity index (χ0n) is 16.9. The maximum atomic E-state index is 13.3. The molecule has 0 spiro atoms. The molecule has 1 N–H and O–H groups in total. The quantitative estimate of drug-likeness (QED) is 0.561. The fourth-order valence-electron chi connectivity index (χ4n) is 4.28. The number of halogens is 3. The third kappa shape index (κ3) is 4.23. The molecule has 2 heterocycles. The lowest BCUT2D eigenvalue weighted by atomic mass is 9.86. The number of H-pyrrole nitrogens is 1. The molecule has 6 heteroatoms. The molecular formula is C24H25F3N2O. The van der Waals surface area contributed by atoms with Crippen LogP contribution in [-0.2, 0) is 11.0 Å². The van der Waals surface area contributed by atoms with Gasteiger partial charge >= 0.3 is 6.18 Å². The molecule has 1 atom stereocenters. The minimum Gasteiger partial charge on any atom is -0.361 e. The molecule has 0 radical (unpaired) electrons. The zero-order chi connectivity index (χ0) is 21.3. The van der Waals surface area contributed by atoms with Gasteiger partial charge in [0.2, 0.25) is 5.91 Å². The van der Waals surface area contributed by atoms with Crippen LogP contribution in [0.1, 0.15) is 48.8 Å². The number of rotatable bonds is 4. The Bertz CT molecular complexity index is 1030. The lowest BCUT2D eigenvalue weighted by Gasteiger charge is -2.31. The molecule has 1 amide bonds. The molecule has 1 aliphatic heterocycles. The standard InChI is InChI=1S/C24H25F3N2O/c1-16-9-11-29(12-10-16)23(30)14-20(17-5-4-6-18(13-17)24(25,26)27)21-15-28-22-8-3-2-7-19(21)22/h2-8,13,15-16,20,28H,9-12,14H2,1H3. The lowest BCUT2D eigenvalue weighted by Crippen LogP contribution is -2.38. The van der Waals surface area contributed by atoms with Gasteiger partial charge in [0.25, 0.3) is 0 Å². The number of aromatic amines is 1. The van der Waals surface area contributed by atoms with Crippen molar-refractivity contribution in [2.45, 2.75) is 38.3 Å². The summed E-state index contributed by atoms with van der Waals surface area (Å²) in [6.45, 7) is 3.60. The average molecular weight is 414 g/mol. The Morgan fingerprint density at radius 3 is 2.60 bits per heavy atom. The topological polar surface area (TPSA) is 36.1 Å². The Hall–Kier alpha value is -2.76. The number of benzene rings is 2. The van der Waals surface area contributed by atoms with Crippen LogP contribution in [0.5, 0.6) is 0 Å². The highest BCUT2D eigenvalue weighted by atomic mass is 19.4. The molecule has 2 aromatic carbocycles. The van der Waals surface area contributed by atoms with Crippen LogP contribution in [0.2, 0.25) is 0 Å². The highest BCUT2D eigenvalue weighted by Crippen LogP contribution is 2.37. The predicted molar refractivity (Wildman–Crippen MR) is 111 cm³/mol. The number of likely N-dealkylation sites (tertiary alicyclic amines) is 1. The molecule has 1 fully saturated rings. The van der Waals surface area contributed by atoms with Crippen LogP contribution < -0.4 is 0 Å². The molecule has 0 bridgehead atoms. The number of hydrogen-bond acceptors (Lipinski definition) is 1. The number of para-hydroxylation sites is 1. The summed E-state index contributed by atoms with van der Waals surface area (Å²) in [5.74, 6) is 0.145. The van der Waals surface area contributed by atoms with Gasteiger partial charge in [-0.2, -0.15) is 13.2 Å². The molecule has 3 aromatic rings. The van der Waals surface area contributed by atoms with Gasteiger partial charge in [0.15, 0.2) is 0 Å². The first-order chi connectivity index (χ1) is 14.3. The van der Waals surface area contributed by atoms with E-state index in [2.05, 4.69) is 11.9 Å². The molecule has 1 saturated heterocycles. The molecular weight excluding hydrogens is 389 g/mol. The second-order valence-corrected chi connectivity index (χ2v) is 8.23. The van der Waals surface area contributed by atoms with E-state index in [1.807, 2.05) is 35.4 Å². The molecule has 4 rings (SSSR count). The van der Waals surface area contributed by atoms with Crippen LogP contribution in [0, 0.1) is 5.92 Å². The van der Waals surface area contributed by atoms with Gasteiger partial charge in [0, 0.05) is 42.5 Å². The van der Waals surface area contributed by atoms with Gasteiger partial charge in [-0.15, -0.1) is 0 Å². The normalized spacial score (nSPS) is 16.7. The zero-order valence-corrected chi connectivity index (χ0v) is 16.9. The van der Waals surface area contributed by atoms with Crippen molar-refractivity contribution in [2.75, 3.05) is 13.1 Å². The van der Waals surface area contributed by atoms with Crippen molar-refractivity contribution in [3.8, 4) is 0 Å². The maximum Gasteiger partial charge on any atom is 0.416 e. The Balaban J connectivity index is 1.71. The van der Waals surface area contributed by atoms with E-state index < -0.39 is 17.7 Å². The van der Waals surface area contributed by atoms with E-state index in [1.165, 1.54) is 12.1 Å². The maximum absolute atomic E-state index is 13.3. The van der Waals surface area contributed by atoms with Crippen molar-refractivity contribution in [3.05, 3.63) is 71.4 Å². The van der Waals surface area contributed by atoms with E-state index in [0.29, 0.717) is 24.6 Å². The van der Waals surface area contributed by atoms with E-state index in [-0.39, 0.29) is 12.3 Å². The summed E-state index contributed by atoms with van der Waals surface area (Å²) < 4.78 is 40.0. The van der Waals surface area contributed by atoms with Gasteiger partial charge < -0.3 is 9.88 Å². The lowest BCUT2D eigenvalue weighted by molar-refractivity contribution is -0.137. The van der Waals surface area contributed by atoms with Crippen LogP contribution in [0.25, 0.3) is 10.9 Å². The predicted octanol–water partition coefficient (Wildman–Crippen LogP) is 5.97. The van der Waals surface area contributed by atoms with E-state index in [4.69, 9.17) is 0 Å². The Morgan fingerprint density at radius 2 is 1.87 bits per heavy atom. The summed E-state index contributed by atoms with van der Waals surface area (Å²) in [5.41, 5.74) is 1.57. The van der Waals surface area contributed by atoms with Gasteiger partial charge in [-0.1, -0.05) is 43.3 Å². The van der Waals surface area contributed by atoms with Gasteiger partial charge in [0.05, 0.1) is 5.56 Å². The van der Waals surface area contributed by atoms with Crippen molar-refractivity contribution in [2.24, 2.45) is 5.92 Å². The SMILES string of the molecule is CC1CCN(C(=O)CC(c2cccc(C(F)(F)F)c2)c2c[nH]c3ccccc23)CC1. The average Bonchev–Trinajstić information content (AvgIpc) is 3.16. The van der Waals surface area contributed by atoms with E-state index in [1.54, 1.807) is 6.07 Å². The second kappa shape index (κ2) is 8.17. The second-order valence-electron chi connectivity index (χ2n) is 8.23. The largest absolute Gasteiger partial charge is 0.416 e. The van der Waals surface area contributed by atoms with Gasteiger partial charge in [-0.25, -0.2) is 0 Å². The Kier molecular flexibility index (Phi) is 5.58. The van der Waals surface area contributed by atoms with E-state index in [9.17, 15) is 18.0 Å². The van der Waals surface area contributed by atoms with Crippen LogP contribution in [0.3, 0.4) is 0 Å². The minimum atomic E-state index is -4.42. The van der Waals surface area contributed by atoms with E-state index in [0.717, 1.165) is 35.4 Å². The molecule has 1 aliphatic rings. The number of carbonyl (C=O) groups excluding carboxylic acids is 1.